The number of urea groups is 1. The molecule has 0 radical (unpaired) electrons. The third-order valence-corrected chi connectivity index (χ3v) is 4.93. The average Bonchev–Trinajstić information content (AvgIpc) is 3.49. The van der Waals surface area contributed by atoms with E-state index in [-0.39, 0.29) is 24.3 Å². The molecule has 1 aromatic carbocycles. The zero-order valence-corrected chi connectivity index (χ0v) is 16.7. The maximum atomic E-state index is 13.1. The largest absolute Gasteiger partial charge is 0.467 e. The molecule has 0 aliphatic rings. The summed E-state index contributed by atoms with van der Waals surface area (Å²) in [7, 11) is 1.78. The van der Waals surface area contributed by atoms with E-state index in [1.54, 1.807) is 55.4 Å². The van der Waals surface area contributed by atoms with E-state index in [1.807, 2.05) is 30.3 Å². The molecule has 0 bridgehead atoms. The first-order valence-corrected chi connectivity index (χ1v) is 9.49. The Labute approximate surface area is 172 Å². The van der Waals surface area contributed by atoms with Gasteiger partial charge in [0.25, 0.3) is 5.56 Å². The van der Waals surface area contributed by atoms with Gasteiger partial charge in [-0.2, -0.15) is 0 Å². The van der Waals surface area contributed by atoms with Gasteiger partial charge in [0.2, 0.25) is 0 Å². The van der Waals surface area contributed by atoms with Crippen molar-refractivity contribution in [3.05, 3.63) is 94.7 Å². The third kappa shape index (κ3) is 3.80. The standard InChI is InChI=1S/C22H22N4O4/c1-16-20(21(27)26(24(16)2)17-8-4-3-5-9-17)23-22(28)25(14-18-10-6-12-29-18)15-19-11-7-13-30-19/h3-13H,14-15H2,1-2H3,(H,23,28). The number of rotatable bonds is 6. The van der Waals surface area contributed by atoms with Gasteiger partial charge in [0.1, 0.15) is 17.2 Å². The molecule has 0 fully saturated rings. The summed E-state index contributed by atoms with van der Waals surface area (Å²) in [5.41, 5.74) is 1.30. The lowest BCUT2D eigenvalue weighted by Crippen LogP contribution is -2.35. The van der Waals surface area contributed by atoms with E-state index in [0.29, 0.717) is 17.2 Å². The Morgan fingerprint density at radius 3 is 2.10 bits per heavy atom. The molecule has 30 heavy (non-hydrogen) atoms. The van der Waals surface area contributed by atoms with Gasteiger partial charge in [0.15, 0.2) is 0 Å². The fourth-order valence-corrected chi connectivity index (χ4v) is 3.28. The van der Waals surface area contributed by atoms with Crippen LogP contribution in [0, 0.1) is 6.92 Å². The zero-order chi connectivity index (χ0) is 21.1. The van der Waals surface area contributed by atoms with Crippen LogP contribution in [0.15, 0.2) is 80.8 Å². The van der Waals surface area contributed by atoms with Crippen LogP contribution in [0.5, 0.6) is 0 Å². The van der Waals surface area contributed by atoms with Gasteiger partial charge in [-0.05, 0) is 43.3 Å². The van der Waals surface area contributed by atoms with Crippen LogP contribution in [0.3, 0.4) is 0 Å². The quantitative estimate of drug-likeness (QED) is 0.526. The molecule has 1 N–H and O–H groups in total. The van der Waals surface area contributed by atoms with Crippen molar-refractivity contribution < 1.29 is 13.6 Å². The van der Waals surface area contributed by atoms with Gasteiger partial charge in [0.05, 0.1) is 37.0 Å². The highest BCUT2D eigenvalue weighted by Gasteiger charge is 2.22. The summed E-state index contributed by atoms with van der Waals surface area (Å²) in [6, 6.07) is 16.0. The first kappa shape index (κ1) is 19.4. The Morgan fingerprint density at radius 2 is 1.57 bits per heavy atom. The molecule has 3 heterocycles. The third-order valence-electron chi connectivity index (χ3n) is 4.93. The molecule has 4 aromatic rings. The Bertz CT molecular complexity index is 1140. The summed E-state index contributed by atoms with van der Waals surface area (Å²) < 4.78 is 14.0. The molecule has 3 aromatic heterocycles. The summed E-state index contributed by atoms with van der Waals surface area (Å²) in [6.45, 7) is 2.26. The molecule has 0 spiro atoms. The number of carbonyl (C=O) groups excluding carboxylic acids is 1. The second-order valence-corrected chi connectivity index (χ2v) is 6.88. The first-order chi connectivity index (χ1) is 14.5. The minimum Gasteiger partial charge on any atom is -0.467 e. The van der Waals surface area contributed by atoms with E-state index in [2.05, 4.69) is 5.32 Å². The maximum absolute atomic E-state index is 13.1. The predicted molar refractivity (Wildman–Crippen MR) is 111 cm³/mol. The van der Waals surface area contributed by atoms with Gasteiger partial charge in [-0.25, -0.2) is 9.48 Å². The normalized spacial score (nSPS) is 10.9. The molecular formula is C22H22N4O4. The van der Waals surface area contributed by atoms with Crippen molar-refractivity contribution in [3.63, 3.8) is 0 Å². The number of benzene rings is 1. The summed E-state index contributed by atoms with van der Waals surface area (Å²) in [5.74, 6) is 1.26. The molecule has 2 amide bonds. The topological polar surface area (TPSA) is 85.6 Å². The summed E-state index contributed by atoms with van der Waals surface area (Å²) >= 11 is 0. The minimum atomic E-state index is -0.422. The maximum Gasteiger partial charge on any atom is 0.322 e. The lowest BCUT2D eigenvalue weighted by atomic mass is 10.3. The van der Waals surface area contributed by atoms with Crippen LogP contribution < -0.4 is 10.9 Å². The number of para-hydroxylation sites is 1. The number of nitrogens with zero attached hydrogens (tertiary/aromatic N) is 3. The second kappa shape index (κ2) is 8.20. The van der Waals surface area contributed by atoms with Crippen molar-refractivity contribution in [3.8, 4) is 5.69 Å². The number of carbonyl (C=O) groups is 1. The van der Waals surface area contributed by atoms with Crippen LogP contribution in [0.4, 0.5) is 10.5 Å². The van der Waals surface area contributed by atoms with Gasteiger partial charge in [0, 0.05) is 7.05 Å². The van der Waals surface area contributed by atoms with E-state index in [1.165, 1.54) is 9.58 Å². The minimum absolute atomic E-state index is 0.232. The van der Waals surface area contributed by atoms with Gasteiger partial charge in [-0.15, -0.1) is 0 Å². The highest BCUT2D eigenvalue weighted by molar-refractivity contribution is 5.89. The summed E-state index contributed by atoms with van der Waals surface area (Å²) in [5, 5.41) is 2.78. The lowest BCUT2D eigenvalue weighted by Gasteiger charge is -2.20. The van der Waals surface area contributed by atoms with Gasteiger partial charge in [-0.3, -0.25) is 9.48 Å². The Hall–Kier alpha value is -3.94. The Morgan fingerprint density at radius 1 is 0.967 bits per heavy atom. The number of hydrogen-bond acceptors (Lipinski definition) is 4. The van der Waals surface area contributed by atoms with Crippen LogP contribution in [0.25, 0.3) is 5.69 Å². The van der Waals surface area contributed by atoms with Crippen LogP contribution in [0.1, 0.15) is 17.2 Å². The van der Waals surface area contributed by atoms with Crippen LogP contribution in [0.2, 0.25) is 0 Å². The smallest absolute Gasteiger partial charge is 0.322 e. The molecule has 0 atom stereocenters. The number of nitrogens with one attached hydrogen (secondary N) is 1. The SMILES string of the molecule is Cc1c(NC(=O)N(Cc2ccco2)Cc2ccco2)c(=O)n(-c2ccccc2)n1C. The van der Waals surface area contributed by atoms with Gasteiger partial charge < -0.3 is 19.1 Å². The van der Waals surface area contributed by atoms with Crippen molar-refractivity contribution in [2.45, 2.75) is 20.0 Å². The van der Waals surface area contributed by atoms with Crippen molar-refractivity contribution in [1.82, 2.24) is 14.3 Å². The zero-order valence-electron chi connectivity index (χ0n) is 16.7. The van der Waals surface area contributed by atoms with Crippen molar-refractivity contribution in [2.75, 3.05) is 5.32 Å². The molecule has 154 valence electrons. The highest BCUT2D eigenvalue weighted by Crippen LogP contribution is 2.17. The number of aromatic nitrogens is 2. The molecule has 8 heteroatoms. The number of hydrogen-bond donors (Lipinski definition) is 1. The van der Waals surface area contributed by atoms with Crippen molar-refractivity contribution in [1.29, 1.82) is 0 Å². The molecule has 8 nitrogen and oxygen atoms in total. The predicted octanol–water partition coefficient (Wildman–Crippen LogP) is 3.90. The van der Waals surface area contributed by atoms with E-state index in [9.17, 15) is 9.59 Å². The molecule has 0 aliphatic heterocycles. The first-order valence-electron chi connectivity index (χ1n) is 9.49. The molecule has 0 saturated heterocycles. The fraction of sp³-hybridized carbons (Fsp3) is 0.182. The van der Waals surface area contributed by atoms with Crippen molar-refractivity contribution >= 4 is 11.7 Å². The monoisotopic (exact) mass is 406 g/mol. The van der Waals surface area contributed by atoms with Crippen LogP contribution >= 0.6 is 0 Å². The van der Waals surface area contributed by atoms with Crippen LogP contribution in [-0.4, -0.2) is 20.3 Å². The lowest BCUT2D eigenvalue weighted by molar-refractivity contribution is 0.195. The highest BCUT2D eigenvalue weighted by atomic mass is 16.3. The molecule has 0 unspecified atom stereocenters. The van der Waals surface area contributed by atoms with Gasteiger partial charge >= 0.3 is 6.03 Å². The van der Waals surface area contributed by atoms with E-state index in [0.717, 1.165) is 5.69 Å². The van der Waals surface area contributed by atoms with E-state index in [4.69, 9.17) is 8.83 Å². The summed E-state index contributed by atoms with van der Waals surface area (Å²) in [6.07, 6.45) is 3.11. The number of furan rings is 2. The van der Waals surface area contributed by atoms with Gasteiger partial charge in [-0.1, -0.05) is 18.2 Å². The molecule has 0 aliphatic carbocycles. The fourth-order valence-electron chi connectivity index (χ4n) is 3.28. The summed E-state index contributed by atoms with van der Waals surface area (Å²) in [4.78, 5) is 27.7. The average molecular weight is 406 g/mol. The van der Waals surface area contributed by atoms with Crippen LogP contribution in [-0.2, 0) is 20.1 Å². The Kier molecular flexibility index (Phi) is 5.30. The molecular weight excluding hydrogens is 384 g/mol. The number of amides is 2. The molecule has 0 saturated carbocycles. The molecule has 4 rings (SSSR count). The Balaban J connectivity index is 1.63. The second-order valence-electron chi connectivity index (χ2n) is 6.88. The van der Waals surface area contributed by atoms with Crippen molar-refractivity contribution in [2.24, 2.45) is 7.05 Å². The number of anilines is 1. The van der Waals surface area contributed by atoms with E-state index >= 15 is 0 Å². The van der Waals surface area contributed by atoms with E-state index < -0.39 is 6.03 Å².